The summed E-state index contributed by atoms with van der Waals surface area (Å²) in [4.78, 5) is 29.0. The Bertz CT molecular complexity index is 672. The Labute approximate surface area is 140 Å². The van der Waals surface area contributed by atoms with Gasteiger partial charge in [0.05, 0.1) is 6.61 Å². The third-order valence-electron chi connectivity index (χ3n) is 4.51. The molecule has 3 rings (SSSR count). The Morgan fingerprint density at radius 3 is 2.54 bits per heavy atom. The van der Waals surface area contributed by atoms with E-state index in [1.165, 1.54) is 6.07 Å². The summed E-state index contributed by atoms with van der Waals surface area (Å²) < 4.78 is 11.1. The molecule has 1 N–H and O–H groups in total. The fraction of sp³-hybridized carbons (Fsp3) is 0.588. The number of hydrogen-bond acceptors (Lipinski definition) is 5. The maximum atomic E-state index is 12.2. The van der Waals surface area contributed by atoms with Crippen molar-refractivity contribution < 1.29 is 24.2 Å². The van der Waals surface area contributed by atoms with Gasteiger partial charge in [-0.2, -0.15) is 0 Å². The largest absolute Gasteiger partial charge is 0.477 e. The van der Waals surface area contributed by atoms with Crippen LogP contribution in [0.2, 0.25) is 0 Å². The van der Waals surface area contributed by atoms with Crippen LogP contribution in [0, 0.1) is 0 Å². The van der Waals surface area contributed by atoms with E-state index >= 15 is 0 Å². The van der Waals surface area contributed by atoms with Gasteiger partial charge in [0.1, 0.15) is 5.60 Å². The Balaban J connectivity index is 1.72. The van der Waals surface area contributed by atoms with Gasteiger partial charge in [0, 0.05) is 24.1 Å². The van der Waals surface area contributed by atoms with Gasteiger partial charge in [-0.05, 0) is 39.7 Å². The lowest BCUT2D eigenvalue weighted by Gasteiger charge is -2.38. The number of aromatic nitrogens is 1. The molecule has 0 aliphatic carbocycles. The number of carbonyl (C=O) groups excluding carboxylic acids is 1. The van der Waals surface area contributed by atoms with Crippen molar-refractivity contribution in [2.75, 3.05) is 19.7 Å². The number of carbonyl (C=O) groups is 2. The van der Waals surface area contributed by atoms with E-state index in [-0.39, 0.29) is 17.2 Å². The van der Waals surface area contributed by atoms with Crippen LogP contribution in [0.3, 0.4) is 0 Å². The van der Waals surface area contributed by atoms with Crippen LogP contribution in [-0.4, -0.2) is 52.4 Å². The van der Waals surface area contributed by atoms with Crippen molar-refractivity contribution >= 4 is 12.1 Å². The minimum atomic E-state index is -1.07. The van der Waals surface area contributed by atoms with Crippen molar-refractivity contribution in [2.45, 2.75) is 44.6 Å². The second-order valence-corrected chi connectivity index (χ2v) is 7.39. The molecule has 1 fully saturated rings. The topological polar surface area (TPSA) is 89.0 Å². The minimum absolute atomic E-state index is 0.0167. The Kier molecular flexibility index (Phi) is 3.89. The molecule has 0 bridgehead atoms. The standard InChI is InChI=1S/C17H22N2O5/c1-16(2,3)24-15(22)19-8-6-17(7-9-19)10-23-13-11(17)4-5-12(18-13)14(20)21/h4-5H,6-10H2,1-3H3,(H,20,21). The molecule has 2 aliphatic rings. The van der Waals surface area contributed by atoms with E-state index < -0.39 is 11.6 Å². The average Bonchev–Trinajstić information content (AvgIpc) is 2.84. The predicted octanol–water partition coefficient (Wildman–Crippen LogP) is 2.44. The van der Waals surface area contributed by atoms with Gasteiger partial charge in [0.2, 0.25) is 5.88 Å². The number of carboxylic acids is 1. The number of amides is 1. The van der Waals surface area contributed by atoms with E-state index in [1.807, 2.05) is 20.8 Å². The summed E-state index contributed by atoms with van der Waals surface area (Å²) in [5.74, 6) is -0.664. The summed E-state index contributed by atoms with van der Waals surface area (Å²) in [6.07, 6.45) is 1.19. The number of likely N-dealkylation sites (tertiary alicyclic amines) is 1. The van der Waals surface area contributed by atoms with Crippen molar-refractivity contribution in [1.82, 2.24) is 9.88 Å². The van der Waals surface area contributed by atoms with Gasteiger partial charge in [0.25, 0.3) is 0 Å². The fourth-order valence-corrected chi connectivity index (χ4v) is 3.21. The Morgan fingerprint density at radius 1 is 1.29 bits per heavy atom. The molecular formula is C17H22N2O5. The molecule has 1 amide bonds. The van der Waals surface area contributed by atoms with Crippen LogP contribution in [0.15, 0.2) is 12.1 Å². The van der Waals surface area contributed by atoms with Crippen LogP contribution < -0.4 is 4.74 Å². The molecule has 3 heterocycles. The molecule has 7 heteroatoms. The summed E-state index contributed by atoms with van der Waals surface area (Å²) >= 11 is 0. The number of ether oxygens (including phenoxy) is 2. The molecule has 7 nitrogen and oxygen atoms in total. The molecule has 1 aromatic heterocycles. The number of fused-ring (bicyclic) bond motifs is 2. The monoisotopic (exact) mass is 334 g/mol. The highest BCUT2D eigenvalue weighted by atomic mass is 16.6. The number of pyridine rings is 1. The molecule has 1 spiro atoms. The molecule has 0 unspecified atom stereocenters. The summed E-state index contributed by atoms with van der Waals surface area (Å²) in [5.41, 5.74) is 0.220. The molecule has 0 saturated carbocycles. The van der Waals surface area contributed by atoms with E-state index in [1.54, 1.807) is 11.0 Å². The zero-order valence-electron chi connectivity index (χ0n) is 14.2. The van der Waals surface area contributed by atoms with Crippen molar-refractivity contribution in [3.8, 4) is 5.88 Å². The average molecular weight is 334 g/mol. The molecule has 1 aromatic rings. The van der Waals surface area contributed by atoms with Gasteiger partial charge in [-0.15, -0.1) is 0 Å². The number of piperidine rings is 1. The maximum absolute atomic E-state index is 12.2. The lowest BCUT2D eigenvalue weighted by molar-refractivity contribution is 0.0152. The number of nitrogens with zero attached hydrogens (tertiary/aromatic N) is 2. The molecule has 2 aliphatic heterocycles. The van der Waals surface area contributed by atoms with Crippen LogP contribution in [0.5, 0.6) is 5.88 Å². The van der Waals surface area contributed by atoms with E-state index in [2.05, 4.69) is 4.98 Å². The summed E-state index contributed by atoms with van der Waals surface area (Å²) in [5, 5.41) is 9.03. The normalized spacial score (nSPS) is 18.9. The van der Waals surface area contributed by atoms with Crippen LogP contribution >= 0.6 is 0 Å². The van der Waals surface area contributed by atoms with E-state index in [9.17, 15) is 9.59 Å². The van der Waals surface area contributed by atoms with Gasteiger partial charge in [-0.3, -0.25) is 0 Å². The zero-order valence-corrected chi connectivity index (χ0v) is 14.2. The number of rotatable bonds is 1. The van der Waals surface area contributed by atoms with Gasteiger partial charge < -0.3 is 19.5 Å². The minimum Gasteiger partial charge on any atom is -0.477 e. The second kappa shape index (κ2) is 5.65. The SMILES string of the molecule is CC(C)(C)OC(=O)N1CCC2(CC1)COc1nc(C(=O)O)ccc12. The highest BCUT2D eigenvalue weighted by molar-refractivity contribution is 5.85. The first-order chi connectivity index (χ1) is 11.2. The van der Waals surface area contributed by atoms with Crippen LogP contribution in [0.1, 0.15) is 49.7 Å². The fourth-order valence-electron chi connectivity index (χ4n) is 3.21. The van der Waals surface area contributed by atoms with Crippen molar-refractivity contribution in [1.29, 1.82) is 0 Å². The van der Waals surface area contributed by atoms with Gasteiger partial charge in [0.15, 0.2) is 5.69 Å². The van der Waals surface area contributed by atoms with E-state index in [0.717, 1.165) is 18.4 Å². The van der Waals surface area contributed by atoms with Gasteiger partial charge >= 0.3 is 12.1 Å². The zero-order chi connectivity index (χ0) is 17.5. The van der Waals surface area contributed by atoms with Gasteiger partial charge in [-0.1, -0.05) is 6.07 Å². The summed E-state index contributed by atoms with van der Waals surface area (Å²) in [7, 11) is 0. The molecule has 0 atom stereocenters. The molecule has 130 valence electrons. The Hall–Kier alpha value is -2.31. The highest BCUT2D eigenvalue weighted by Crippen LogP contribution is 2.44. The third kappa shape index (κ3) is 3.02. The first kappa shape index (κ1) is 16.5. The van der Waals surface area contributed by atoms with Gasteiger partial charge in [-0.25, -0.2) is 14.6 Å². The highest BCUT2D eigenvalue weighted by Gasteiger charge is 2.45. The Morgan fingerprint density at radius 2 is 1.96 bits per heavy atom. The molecule has 0 aromatic carbocycles. The van der Waals surface area contributed by atoms with E-state index in [4.69, 9.17) is 14.6 Å². The third-order valence-corrected chi connectivity index (χ3v) is 4.51. The first-order valence-corrected chi connectivity index (χ1v) is 8.06. The number of aromatic carboxylic acids is 1. The first-order valence-electron chi connectivity index (χ1n) is 8.06. The smallest absolute Gasteiger partial charge is 0.410 e. The van der Waals surface area contributed by atoms with Crippen molar-refractivity contribution in [3.05, 3.63) is 23.4 Å². The van der Waals surface area contributed by atoms with Crippen LogP contribution in [0.25, 0.3) is 0 Å². The molecular weight excluding hydrogens is 312 g/mol. The van der Waals surface area contributed by atoms with Crippen molar-refractivity contribution in [2.24, 2.45) is 0 Å². The quantitative estimate of drug-likeness (QED) is 0.848. The second-order valence-electron chi connectivity index (χ2n) is 7.39. The molecule has 1 saturated heterocycles. The van der Waals surface area contributed by atoms with E-state index in [0.29, 0.717) is 25.6 Å². The summed E-state index contributed by atoms with van der Waals surface area (Å²) in [6.45, 7) is 7.19. The molecule has 24 heavy (non-hydrogen) atoms. The summed E-state index contributed by atoms with van der Waals surface area (Å²) in [6, 6.07) is 3.31. The number of carboxylic acid groups (broad SMARTS) is 1. The maximum Gasteiger partial charge on any atom is 0.410 e. The lowest BCUT2D eigenvalue weighted by atomic mass is 9.75. The molecule has 0 radical (unpaired) electrons. The lowest BCUT2D eigenvalue weighted by Crippen LogP contribution is -2.47. The van der Waals surface area contributed by atoms with Crippen LogP contribution in [0.4, 0.5) is 4.79 Å². The predicted molar refractivity (Wildman–Crippen MR) is 85.4 cm³/mol. The van der Waals surface area contributed by atoms with Crippen molar-refractivity contribution in [3.63, 3.8) is 0 Å². The van der Waals surface area contributed by atoms with Crippen LogP contribution in [-0.2, 0) is 10.2 Å². The number of hydrogen-bond donors (Lipinski definition) is 1.